The van der Waals surface area contributed by atoms with Crippen LogP contribution in [0, 0.1) is 0 Å². The maximum atomic E-state index is 9.15. The Morgan fingerprint density at radius 1 is 1.36 bits per heavy atom. The first-order chi connectivity index (χ1) is 10.7. The molecule has 0 radical (unpaired) electrons. The van der Waals surface area contributed by atoms with Crippen molar-refractivity contribution in [1.82, 2.24) is 19.8 Å². The standard InChI is InChI=1S/C16H20N4OS/c1-19-9-6-12(11-19)15-14(13-5-2-3-7-17-13)18-16(22)20(15)8-4-10-21/h2-3,5-7,9,11,14-15,21H,4,8,10H2,1H3,(H,18,22). The molecule has 1 fully saturated rings. The number of thiocarbonyl (C=S) groups is 1. The van der Waals surface area contributed by atoms with Crippen molar-refractivity contribution in [1.29, 1.82) is 0 Å². The molecule has 2 aromatic heterocycles. The number of nitrogens with one attached hydrogen (secondary N) is 1. The van der Waals surface area contributed by atoms with Gasteiger partial charge in [-0.25, -0.2) is 0 Å². The molecule has 5 nitrogen and oxygen atoms in total. The fourth-order valence-electron chi connectivity index (χ4n) is 2.95. The molecule has 0 amide bonds. The zero-order chi connectivity index (χ0) is 15.5. The van der Waals surface area contributed by atoms with Gasteiger partial charge in [-0.05, 0) is 42.4 Å². The Kier molecular flexibility index (Phi) is 4.40. The summed E-state index contributed by atoms with van der Waals surface area (Å²) in [7, 11) is 2.01. The zero-order valence-corrected chi connectivity index (χ0v) is 13.3. The van der Waals surface area contributed by atoms with Crippen LogP contribution < -0.4 is 5.32 Å². The van der Waals surface area contributed by atoms with Gasteiger partial charge < -0.3 is 19.9 Å². The van der Waals surface area contributed by atoms with Crippen molar-refractivity contribution in [2.75, 3.05) is 13.2 Å². The summed E-state index contributed by atoms with van der Waals surface area (Å²) in [4.78, 5) is 6.64. The van der Waals surface area contributed by atoms with Crippen molar-refractivity contribution >= 4 is 17.3 Å². The SMILES string of the molecule is Cn1ccc(C2C(c3ccccn3)NC(=S)N2CCCO)c1. The highest BCUT2D eigenvalue weighted by molar-refractivity contribution is 7.80. The van der Waals surface area contributed by atoms with Gasteiger partial charge >= 0.3 is 0 Å². The number of aliphatic hydroxyl groups is 1. The Labute approximate surface area is 135 Å². The van der Waals surface area contributed by atoms with Gasteiger partial charge in [0.05, 0.1) is 17.8 Å². The molecule has 0 saturated carbocycles. The second-order valence-electron chi connectivity index (χ2n) is 5.51. The predicted octanol–water partition coefficient (Wildman–Crippen LogP) is 1.78. The average molecular weight is 316 g/mol. The quantitative estimate of drug-likeness (QED) is 0.824. The molecule has 1 aliphatic heterocycles. The van der Waals surface area contributed by atoms with Gasteiger partial charge in [0.25, 0.3) is 0 Å². The first-order valence-corrected chi connectivity index (χ1v) is 7.82. The molecule has 3 heterocycles. The van der Waals surface area contributed by atoms with Gasteiger partial charge in [0.1, 0.15) is 0 Å². The van der Waals surface area contributed by atoms with Gasteiger partial charge in [-0.3, -0.25) is 4.98 Å². The number of rotatable bonds is 5. The second-order valence-corrected chi connectivity index (χ2v) is 5.89. The molecule has 116 valence electrons. The molecule has 0 aliphatic carbocycles. The first kappa shape index (κ1) is 15.0. The molecule has 3 rings (SSSR count). The van der Waals surface area contributed by atoms with E-state index < -0.39 is 0 Å². The fraction of sp³-hybridized carbons (Fsp3) is 0.375. The number of hydrogen-bond acceptors (Lipinski definition) is 3. The third-order valence-electron chi connectivity index (χ3n) is 3.95. The van der Waals surface area contributed by atoms with E-state index in [9.17, 15) is 0 Å². The smallest absolute Gasteiger partial charge is 0.170 e. The van der Waals surface area contributed by atoms with Crippen LogP contribution in [0.4, 0.5) is 0 Å². The van der Waals surface area contributed by atoms with E-state index in [2.05, 4.69) is 27.5 Å². The monoisotopic (exact) mass is 316 g/mol. The third-order valence-corrected chi connectivity index (χ3v) is 4.30. The van der Waals surface area contributed by atoms with Gasteiger partial charge in [-0.2, -0.15) is 0 Å². The Bertz CT molecular complexity index is 643. The van der Waals surface area contributed by atoms with Crippen LogP contribution in [-0.4, -0.2) is 37.8 Å². The van der Waals surface area contributed by atoms with E-state index >= 15 is 0 Å². The van der Waals surface area contributed by atoms with Crippen LogP contribution in [0.3, 0.4) is 0 Å². The summed E-state index contributed by atoms with van der Waals surface area (Å²) in [5.41, 5.74) is 2.17. The topological polar surface area (TPSA) is 53.3 Å². The highest BCUT2D eigenvalue weighted by atomic mass is 32.1. The molecule has 0 aromatic carbocycles. The summed E-state index contributed by atoms with van der Waals surface area (Å²) in [5, 5.41) is 13.3. The van der Waals surface area contributed by atoms with Gasteiger partial charge in [0.15, 0.2) is 5.11 Å². The number of hydrogen-bond donors (Lipinski definition) is 2. The summed E-state index contributed by atoms with van der Waals surface area (Å²) in [6.45, 7) is 0.889. The van der Waals surface area contributed by atoms with E-state index in [0.29, 0.717) is 6.42 Å². The first-order valence-electron chi connectivity index (χ1n) is 7.41. The van der Waals surface area contributed by atoms with Crippen molar-refractivity contribution in [3.63, 3.8) is 0 Å². The van der Waals surface area contributed by atoms with Crippen molar-refractivity contribution in [3.05, 3.63) is 54.1 Å². The van der Waals surface area contributed by atoms with E-state index in [-0.39, 0.29) is 18.7 Å². The van der Waals surface area contributed by atoms with Gasteiger partial charge in [0, 0.05) is 38.8 Å². The number of aromatic nitrogens is 2. The van der Waals surface area contributed by atoms with E-state index in [1.807, 2.05) is 36.0 Å². The lowest BCUT2D eigenvalue weighted by molar-refractivity contribution is 0.247. The molecule has 6 heteroatoms. The lowest BCUT2D eigenvalue weighted by Crippen LogP contribution is -2.31. The van der Waals surface area contributed by atoms with E-state index in [0.717, 1.165) is 17.4 Å². The summed E-state index contributed by atoms with van der Waals surface area (Å²) in [6, 6.07) is 8.15. The molecule has 22 heavy (non-hydrogen) atoms. The normalized spacial score (nSPS) is 21.2. The van der Waals surface area contributed by atoms with Crippen molar-refractivity contribution in [2.45, 2.75) is 18.5 Å². The number of nitrogens with zero attached hydrogens (tertiary/aromatic N) is 3. The molecule has 2 unspecified atom stereocenters. The van der Waals surface area contributed by atoms with Gasteiger partial charge in [0.2, 0.25) is 0 Å². The van der Waals surface area contributed by atoms with E-state index in [4.69, 9.17) is 17.3 Å². The maximum absolute atomic E-state index is 9.15. The van der Waals surface area contributed by atoms with Gasteiger partial charge in [-0.15, -0.1) is 0 Å². The summed E-state index contributed by atoms with van der Waals surface area (Å²) in [5.74, 6) is 0. The average Bonchev–Trinajstić information content (AvgIpc) is 3.09. The Morgan fingerprint density at radius 2 is 2.23 bits per heavy atom. The Hall–Kier alpha value is -1.92. The van der Waals surface area contributed by atoms with Gasteiger partial charge in [-0.1, -0.05) is 6.07 Å². The summed E-state index contributed by atoms with van der Waals surface area (Å²) in [6.07, 6.45) is 6.65. The predicted molar refractivity (Wildman–Crippen MR) is 89.3 cm³/mol. The van der Waals surface area contributed by atoms with Crippen LogP contribution in [0.25, 0.3) is 0 Å². The Morgan fingerprint density at radius 3 is 2.86 bits per heavy atom. The molecular weight excluding hydrogens is 296 g/mol. The molecule has 1 aliphatic rings. The van der Waals surface area contributed by atoms with Crippen molar-refractivity contribution < 1.29 is 5.11 Å². The van der Waals surface area contributed by atoms with E-state index in [1.165, 1.54) is 5.56 Å². The van der Waals surface area contributed by atoms with Crippen LogP contribution in [0.15, 0.2) is 42.9 Å². The second kappa shape index (κ2) is 6.46. The van der Waals surface area contributed by atoms with Crippen LogP contribution in [0.2, 0.25) is 0 Å². The summed E-state index contributed by atoms with van der Waals surface area (Å²) >= 11 is 5.51. The molecule has 2 N–H and O–H groups in total. The lowest BCUT2D eigenvalue weighted by Gasteiger charge is -2.26. The van der Waals surface area contributed by atoms with Crippen molar-refractivity contribution in [2.24, 2.45) is 7.05 Å². The molecule has 0 bridgehead atoms. The summed E-state index contributed by atoms with van der Waals surface area (Å²) < 4.78 is 2.04. The largest absolute Gasteiger partial charge is 0.396 e. The molecule has 2 atom stereocenters. The van der Waals surface area contributed by atoms with E-state index in [1.54, 1.807) is 6.20 Å². The minimum absolute atomic E-state index is 0.0230. The van der Waals surface area contributed by atoms with Crippen molar-refractivity contribution in [3.8, 4) is 0 Å². The van der Waals surface area contributed by atoms with Crippen LogP contribution in [0.5, 0.6) is 0 Å². The number of aliphatic hydroxyl groups excluding tert-OH is 1. The minimum Gasteiger partial charge on any atom is -0.396 e. The highest BCUT2D eigenvalue weighted by Crippen LogP contribution is 2.38. The lowest BCUT2D eigenvalue weighted by atomic mass is 9.99. The van der Waals surface area contributed by atoms with Crippen LogP contribution >= 0.6 is 12.2 Å². The van der Waals surface area contributed by atoms with Crippen LogP contribution in [-0.2, 0) is 7.05 Å². The molecular formula is C16H20N4OS. The highest BCUT2D eigenvalue weighted by Gasteiger charge is 2.39. The zero-order valence-electron chi connectivity index (χ0n) is 12.5. The fourth-order valence-corrected chi connectivity index (χ4v) is 3.28. The molecule has 0 spiro atoms. The number of pyridine rings is 1. The Balaban J connectivity index is 1.96. The maximum Gasteiger partial charge on any atom is 0.170 e. The van der Waals surface area contributed by atoms with Crippen LogP contribution in [0.1, 0.15) is 29.8 Å². The number of aryl methyl sites for hydroxylation is 1. The molecule has 2 aromatic rings. The molecule has 1 saturated heterocycles. The third kappa shape index (κ3) is 2.84. The minimum atomic E-state index is 0.0230.